The first-order chi connectivity index (χ1) is 9.60. The molecule has 20 heavy (non-hydrogen) atoms. The fourth-order valence-electron chi connectivity index (χ4n) is 1.93. The second-order valence-corrected chi connectivity index (χ2v) is 5.32. The monoisotopic (exact) mass is 277 g/mol. The van der Waals surface area contributed by atoms with Gasteiger partial charge in [-0.2, -0.15) is 4.98 Å². The quantitative estimate of drug-likeness (QED) is 0.786. The Morgan fingerprint density at radius 3 is 2.90 bits per heavy atom. The van der Waals surface area contributed by atoms with Gasteiger partial charge in [-0.15, -0.1) is 0 Å². The maximum atomic E-state index is 11.8. The van der Waals surface area contributed by atoms with Crippen LogP contribution in [0.3, 0.4) is 0 Å². The highest BCUT2D eigenvalue weighted by molar-refractivity contribution is 5.81. The molecule has 6 nitrogen and oxygen atoms in total. The van der Waals surface area contributed by atoms with E-state index >= 15 is 0 Å². The van der Waals surface area contributed by atoms with Crippen molar-refractivity contribution in [2.24, 2.45) is 0 Å². The molecule has 0 radical (unpaired) electrons. The maximum Gasteiger partial charge on any atom is 0.239 e. The van der Waals surface area contributed by atoms with Crippen LogP contribution >= 0.6 is 0 Å². The Labute approximate surface area is 120 Å². The van der Waals surface area contributed by atoms with Crippen molar-refractivity contribution in [3.8, 4) is 0 Å². The number of aromatic nitrogens is 2. The van der Waals surface area contributed by atoms with Crippen LogP contribution in [0.25, 0.3) is 0 Å². The summed E-state index contributed by atoms with van der Waals surface area (Å²) >= 11 is 0. The fraction of sp³-hybridized carbons (Fsp3) is 0.643. The number of rotatable bonds is 7. The average Bonchev–Trinajstić information content (AvgIpc) is 3.21. The van der Waals surface area contributed by atoms with E-state index in [4.69, 9.17) is 0 Å². The largest absolute Gasteiger partial charge is 0.354 e. The molecule has 1 aliphatic carbocycles. The molecular weight excluding hydrogens is 254 g/mol. The molecule has 0 bridgehead atoms. The van der Waals surface area contributed by atoms with Gasteiger partial charge in [-0.25, -0.2) is 4.98 Å². The lowest BCUT2D eigenvalue weighted by Gasteiger charge is -2.20. The molecule has 1 amide bonds. The van der Waals surface area contributed by atoms with Crippen molar-refractivity contribution in [3.05, 3.63) is 11.8 Å². The number of nitrogens with one attached hydrogen (secondary N) is 2. The average molecular weight is 277 g/mol. The third-order valence-corrected chi connectivity index (χ3v) is 3.16. The molecule has 1 aromatic heterocycles. The summed E-state index contributed by atoms with van der Waals surface area (Å²) in [4.78, 5) is 22.4. The van der Waals surface area contributed by atoms with Crippen LogP contribution in [-0.4, -0.2) is 42.1 Å². The van der Waals surface area contributed by atoms with Crippen LogP contribution in [-0.2, 0) is 4.79 Å². The Bertz CT molecular complexity index is 473. The van der Waals surface area contributed by atoms with Crippen LogP contribution < -0.4 is 15.5 Å². The minimum absolute atomic E-state index is 0.0519. The summed E-state index contributed by atoms with van der Waals surface area (Å²) in [6.45, 7) is 5.21. The molecule has 1 aromatic rings. The van der Waals surface area contributed by atoms with Gasteiger partial charge in [0, 0.05) is 31.4 Å². The van der Waals surface area contributed by atoms with Gasteiger partial charge in [0.1, 0.15) is 5.82 Å². The number of aryl methyl sites for hydroxylation is 1. The minimum atomic E-state index is 0.0519. The van der Waals surface area contributed by atoms with Crippen LogP contribution in [0.4, 0.5) is 11.8 Å². The first-order valence-electron chi connectivity index (χ1n) is 7.18. The van der Waals surface area contributed by atoms with Gasteiger partial charge < -0.3 is 15.5 Å². The molecule has 1 fully saturated rings. The van der Waals surface area contributed by atoms with Gasteiger partial charge in [0.25, 0.3) is 0 Å². The molecule has 1 saturated carbocycles. The molecule has 0 atom stereocenters. The van der Waals surface area contributed by atoms with E-state index < -0.39 is 0 Å². The van der Waals surface area contributed by atoms with E-state index in [1.807, 2.05) is 18.9 Å². The summed E-state index contributed by atoms with van der Waals surface area (Å²) < 4.78 is 0. The summed E-state index contributed by atoms with van der Waals surface area (Å²) in [6, 6.07) is 0.393. The second kappa shape index (κ2) is 6.54. The number of carbonyl (C=O) groups excluding carboxylic acids is 1. The van der Waals surface area contributed by atoms with Gasteiger partial charge >= 0.3 is 0 Å². The normalized spacial score (nSPS) is 13.9. The number of hydrogen-bond donors (Lipinski definition) is 2. The molecule has 1 aliphatic rings. The summed E-state index contributed by atoms with van der Waals surface area (Å²) in [6.07, 6.45) is 5.02. The molecule has 6 heteroatoms. The molecule has 0 unspecified atom stereocenters. The Balaban J connectivity index is 1.99. The van der Waals surface area contributed by atoms with Crippen molar-refractivity contribution >= 4 is 17.7 Å². The maximum absolute atomic E-state index is 11.8. The number of hydrogen-bond acceptors (Lipinski definition) is 5. The Kier molecular flexibility index (Phi) is 4.76. The topological polar surface area (TPSA) is 70.2 Å². The zero-order valence-electron chi connectivity index (χ0n) is 12.4. The standard InChI is InChI=1S/C14H23N5O/c1-4-7-15-14-16-8-10(2)13(18-14)19(3)9-12(20)17-11-5-6-11/h8,11H,4-7,9H2,1-3H3,(H,17,20)(H,15,16,18). The van der Waals surface area contributed by atoms with E-state index in [1.54, 1.807) is 6.20 Å². The second-order valence-electron chi connectivity index (χ2n) is 5.32. The van der Waals surface area contributed by atoms with Crippen LogP contribution in [0.1, 0.15) is 31.7 Å². The summed E-state index contributed by atoms with van der Waals surface area (Å²) in [7, 11) is 1.88. The lowest BCUT2D eigenvalue weighted by atomic mass is 10.3. The SMILES string of the molecule is CCCNc1ncc(C)c(N(C)CC(=O)NC2CC2)n1. The van der Waals surface area contributed by atoms with Crippen LogP contribution in [0, 0.1) is 6.92 Å². The molecule has 1 heterocycles. The lowest BCUT2D eigenvalue weighted by Crippen LogP contribution is -2.37. The molecule has 2 N–H and O–H groups in total. The molecule has 0 spiro atoms. The van der Waals surface area contributed by atoms with Gasteiger partial charge in [-0.1, -0.05) is 6.92 Å². The summed E-state index contributed by atoms with van der Waals surface area (Å²) in [5, 5.41) is 6.15. The van der Waals surface area contributed by atoms with Crippen LogP contribution in [0.15, 0.2) is 6.20 Å². The Hall–Kier alpha value is -1.85. The predicted molar refractivity (Wildman–Crippen MR) is 80.0 cm³/mol. The smallest absolute Gasteiger partial charge is 0.239 e. The first-order valence-corrected chi connectivity index (χ1v) is 7.18. The zero-order valence-corrected chi connectivity index (χ0v) is 12.4. The van der Waals surface area contributed by atoms with Crippen molar-refractivity contribution in [3.63, 3.8) is 0 Å². The number of amides is 1. The van der Waals surface area contributed by atoms with E-state index in [0.29, 0.717) is 18.5 Å². The molecule has 0 saturated heterocycles. The Morgan fingerprint density at radius 1 is 1.50 bits per heavy atom. The van der Waals surface area contributed by atoms with Gasteiger partial charge in [0.05, 0.1) is 6.54 Å². The lowest BCUT2D eigenvalue weighted by molar-refractivity contribution is -0.119. The minimum Gasteiger partial charge on any atom is -0.354 e. The molecule has 0 aromatic carbocycles. The number of carbonyl (C=O) groups is 1. The van der Waals surface area contributed by atoms with Crippen molar-refractivity contribution in [1.29, 1.82) is 0 Å². The third kappa shape index (κ3) is 4.08. The van der Waals surface area contributed by atoms with Crippen LogP contribution in [0.5, 0.6) is 0 Å². The van der Waals surface area contributed by atoms with Gasteiger partial charge in [-0.3, -0.25) is 4.79 Å². The number of likely N-dealkylation sites (N-methyl/N-ethyl adjacent to an activating group) is 1. The van der Waals surface area contributed by atoms with Gasteiger partial charge in [0.15, 0.2) is 0 Å². The highest BCUT2D eigenvalue weighted by Crippen LogP contribution is 2.19. The van der Waals surface area contributed by atoms with E-state index in [9.17, 15) is 4.79 Å². The van der Waals surface area contributed by atoms with E-state index in [0.717, 1.165) is 37.2 Å². The van der Waals surface area contributed by atoms with Crippen molar-refractivity contribution in [2.45, 2.75) is 39.2 Å². The van der Waals surface area contributed by atoms with E-state index in [1.165, 1.54) is 0 Å². The Morgan fingerprint density at radius 2 is 2.25 bits per heavy atom. The van der Waals surface area contributed by atoms with Gasteiger partial charge in [0.2, 0.25) is 11.9 Å². The summed E-state index contributed by atoms with van der Waals surface area (Å²) in [5.74, 6) is 1.46. The van der Waals surface area contributed by atoms with Crippen molar-refractivity contribution in [2.75, 3.05) is 30.4 Å². The van der Waals surface area contributed by atoms with E-state index in [2.05, 4.69) is 27.5 Å². The highest BCUT2D eigenvalue weighted by Gasteiger charge is 2.24. The highest BCUT2D eigenvalue weighted by atomic mass is 16.2. The predicted octanol–water partition coefficient (Wildman–Crippen LogP) is 1.32. The van der Waals surface area contributed by atoms with E-state index in [-0.39, 0.29) is 5.91 Å². The zero-order chi connectivity index (χ0) is 14.5. The molecule has 0 aliphatic heterocycles. The van der Waals surface area contributed by atoms with Gasteiger partial charge in [-0.05, 0) is 26.2 Å². The van der Waals surface area contributed by atoms with Crippen molar-refractivity contribution < 1.29 is 4.79 Å². The molecular formula is C14H23N5O. The van der Waals surface area contributed by atoms with Crippen molar-refractivity contribution in [1.82, 2.24) is 15.3 Å². The summed E-state index contributed by atoms with van der Waals surface area (Å²) in [5.41, 5.74) is 0.966. The first kappa shape index (κ1) is 14.6. The fourth-order valence-corrected chi connectivity index (χ4v) is 1.93. The van der Waals surface area contributed by atoms with Crippen LogP contribution in [0.2, 0.25) is 0 Å². The number of nitrogens with zero attached hydrogens (tertiary/aromatic N) is 3. The number of anilines is 2. The third-order valence-electron chi connectivity index (χ3n) is 3.16. The molecule has 110 valence electrons. The molecule has 2 rings (SSSR count).